The Morgan fingerprint density at radius 2 is 1.26 bits per heavy atom. The third-order valence-electron chi connectivity index (χ3n) is 20.9. The number of sulfone groups is 1. The van der Waals surface area contributed by atoms with Crippen LogP contribution < -0.4 is 35.7 Å². The van der Waals surface area contributed by atoms with Crippen molar-refractivity contribution in [3.8, 4) is 28.2 Å². The number of fused-ring (bicyclic) bond motifs is 3. The van der Waals surface area contributed by atoms with Crippen molar-refractivity contribution in [1.82, 2.24) is 49.6 Å². The van der Waals surface area contributed by atoms with E-state index in [0.29, 0.717) is 44.1 Å². The highest BCUT2D eigenvalue weighted by Gasteiger charge is 2.34. The number of aliphatic hydroxyl groups is 1. The number of piperazine rings is 1. The number of anilines is 2. The summed E-state index contributed by atoms with van der Waals surface area (Å²) in [5.41, 5.74) is 8.28. The van der Waals surface area contributed by atoms with Crippen LogP contribution in [0.4, 0.5) is 11.4 Å². The lowest BCUT2D eigenvalue weighted by atomic mass is 9.90. The number of hydrogen-bond donors (Lipinski definition) is 5. The number of carbonyl (C=O) groups excluding carboxylic acids is 6. The smallest absolute Gasteiger partial charge is 0.254 e. The van der Waals surface area contributed by atoms with Gasteiger partial charge in [0, 0.05) is 159 Å². The zero-order valence-corrected chi connectivity index (χ0v) is 69.2. The minimum absolute atomic E-state index is 0.0339. The maximum atomic E-state index is 14.7. The number of ketones is 1. The summed E-state index contributed by atoms with van der Waals surface area (Å²) in [6.45, 7) is 15.7. The SMILES string of the molecule is CCN(CC)c1ccc2c(-c3ccccc3C(=O)N3CCN(C(=O)CCC(=O)NCC(=O)N[C@@H](Cc4ccc(C(=O)c5ccccc5)cc4)C(=O)NCc4cn([C@@H](Cc5ccc(O)cc5)C(O)CN(CC(C)C)S(=O)(=O)c5ccccc5)nn4)CC3)c3ccc(=[N+](CC)CC)cc-3oc2c1.CN(C)c1cccc2c(S(C)(=O)=O)cccc12. The van der Waals surface area contributed by atoms with E-state index in [1.807, 2.05) is 87.4 Å². The normalized spacial score (nSPS) is 13.2. The Kier molecular flexibility index (Phi) is 28.8. The first-order chi connectivity index (χ1) is 56.2. The Morgan fingerprint density at radius 3 is 1.92 bits per heavy atom. The molecule has 27 heteroatoms. The number of nitrogens with one attached hydrogen (secondary N) is 3. The van der Waals surface area contributed by atoms with E-state index < -0.39 is 62.3 Å². The van der Waals surface area contributed by atoms with Crippen molar-refractivity contribution in [2.75, 3.05) is 102 Å². The third-order valence-corrected chi connectivity index (χ3v) is 23.9. The first-order valence-electron chi connectivity index (χ1n) is 39.5. The summed E-state index contributed by atoms with van der Waals surface area (Å²) in [4.78, 5) is 91.2. The highest BCUT2D eigenvalue weighted by Crippen LogP contribution is 2.43. The zero-order chi connectivity index (χ0) is 83.7. The van der Waals surface area contributed by atoms with E-state index in [9.17, 15) is 55.8 Å². The van der Waals surface area contributed by atoms with E-state index in [2.05, 4.69) is 99.8 Å². The molecule has 1 aliphatic carbocycles. The summed E-state index contributed by atoms with van der Waals surface area (Å²) < 4.78 is 63.1. The first kappa shape index (κ1) is 86.0. The van der Waals surface area contributed by atoms with E-state index in [4.69, 9.17) is 4.42 Å². The molecule has 5 amide bonds. The van der Waals surface area contributed by atoms with E-state index in [0.717, 1.165) is 75.8 Å². The zero-order valence-electron chi connectivity index (χ0n) is 67.6. The van der Waals surface area contributed by atoms with E-state index in [-0.39, 0.29) is 111 Å². The molecule has 0 spiro atoms. The summed E-state index contributed by atoms with van der Waals surface area (Å²) in [7, 11) is -3.35. The van der Waals surface area contributed by atoms with Gasteiger partial charge in [-0.15, -0.1) is 5.10 Å². The minimum Gasteiger partial charge on any atom is -0.508 e. The molecular weight excluding hydrogens is 1520 g/mol. The van der Waals surface area contributed by atoms with Gasteiger partial charge < -0.3 is 50.2 Å². The van der Waals surface area contributed by atoms with Crippen molar-refractivity contribution in [1.29, 1.82) is 0 Å². The minimum atomic E-state index is -4.05. The van der Waals surface area contributed by atoms with Gasteiger partial charge in [-0.2, -0.15) is 4.31 Å². The van der Waals surface area contributed by atoms with Gasteiger partial charge in [0.2, 0.25) is 39.0 Å². The molecule has 0 saturated carbocycles. The lowest BCUT2D eigenvalue weighted by Crippen LogP contribution is -2.51. The monoisotopic (exact) mass is 1620 g/mol. The molecule has 0 radical (unpaired) electrons. The number of carbonyl (C=O) groups is 6. The molecule has 1 unspecified atom stereocenters. The predicted octanol–water partition coefficient (Wildman–Crippen LogP) is 10.4. The maximum absolute atomic E-state index is 14.7. The van der Waals surface area contributed by atoms with Crippen molar-refractivity contribution in [3.05, 3.63) is 251 Å². The Balaban J connectivity index is 0.000000698. The molecule has 9 aromatic rings. The molecule has 1 fully saturated rings. The van der Waals surface area contributed by atoms with Crippen molar-refractivity contribution < 1.29 is 60.2 Å². The fourth-order valence-corrected chi connectivity index (χ4v) is 17.2. The molecule has 117 heavy (non-hydrogen) atoms. The summed E-state index contributed by atoms with van der Waals surface area (Å²) in [6.07, 6.45) is 1.16. The number of aromatic nitrogens is 3. The molecule has 8 aromatic carbocycles. The molecule has 3 atom stereocenters. The van der Waals surface area contributed by atoms with Gasteiger partial charge in [0.1, 0.15) is 41.9 Å². The number of rotatable bonds is 32. The Labute approximate surface area is 683 Å². The Hall–Kier alpha value is -11.9. The molecule has 2 aliphatic heterocycles. The molecule has 0 bridgehead atoms. The number of amides is 5. The van der Waals surface area contributed by atoms with Crippen molar-refractivity contribution in [2.45, 2.75) is 102 Å². The average Bonchev–Trinajstić information content (AvgIpc) is 1.68. The van der Waals surface area contributed by atoms with Crippen molar-refractivity contribution in [2.24, 2.45) is 5.92 Å². The Morgan fingerprint density at radius 1 is 0.624 bits per heavy atom. The number of aliphatic hydroxyl groups excluding tert-OH is 1. The van der Waals surface area contributed by atoms with Crippen LogP contribution in [0.25, 0.3) is 44.2 Å². The van der Waals surface area contributed by atoms with Gasteiger partial charge in [0.15, 0.2) is 15.6 Å². The maximum Gasteiger partial charge on any atom is 0.254 e. The number of benzene rings is 9. The van der Waals surface area contributed by atoms with Gasteiger partial charge in [0.25, 0.3) is 5.91 Å². The number of phenolic OH excluding ortho intramolecular Hbond substituents is 1. The molecule has 25 nitrogen and oxygen atoms in total. The second kappa shape index (κ2) is 39.2. The number of nitrogens with zero attached hydrogens (tertiary/aromatic N) is 9. The molecule has 612 valence electrons. The summed E-state index contributed by atoms with van der Waals surface area (Å²) in [5.74, 6) is -1.92. The Bertz CT molecular complexity index is 5610. The van der Waals surface area contributed by atoms with Crippen LogP contribution in [-0.2, 0) is 58.4 Å². The van der Waals surface area contributed by atoms with Crippen LogP contribution in [0.15, 0.2) is 227 Å². The van der Waals surface area contributed by atoms with Crippen molar-refractivity contribution >= 4 is 88.3 Å². The summed E-state index contributed by atoms with van der Waals surface area (Å²) in [6, 6.07) is 58.8. The second-order valence-electron chi connectivity index (χ2n) is 29.6. The quantitative estimate of drug-likeness (QED) is 0.0149. The van der Waals surface area contributed by atoms with E-state index in [1.165, 1.54) is 45.7 Å². The molecule has 3 heterocycles. The van der Waals surface area contributed by atoms with Crippen molar-refractivity contribution in [3.63, 3.8) is 0 Å². The van der Waals surface area contributed by atoms with Crippen LogP contribution in [0.5, 0.6) is 5.75 Å². The van der Waals surface area contributed by atoms with Gasteiger partial charge in [-0.25, -0.2) is 26.1 Å². The van der Waals surface area contributed by atoms with Gasteiger partial charge in [-0.1, -0.05) is 146 Å². The van der Waals surface area contributed by atoms with Crippen LogP contribution >= 0.6 is 0 Å². The molecule has 12 rings (SSSR count). The van der Waals surface area contributed by atoms with Crippen LogP contribution in [0.1, 0.15) is 104 Å². The van der Waals surface area contributed by atoms with Crippen LogP contribution in [0, 0.1) is 5.92 Å². The lowest BCUT2D eigenvalue weighted by Gasteiger charge is -2.35. The van der Waals surface area contributed by atoms with Gasteiger partial charge >= 0.3 is 0 Å². The average molecular weight is 1630 g/mol. The summed E-state index contributed by atoms with van der Waals surface area (Å²) in [5, 5.41) is 42.5. The number of sulfonamides is 1. The largest absolute Gasteiger partial charge is 0.508 e. The number of aromatic hydroxyl groups is 1. The molecule has 1 saturated heterocycles. The third kappa shape index (κ3) is 21.4. The highest BCUT2D eigenvalue weighted by molar-refractivity contribution is 7.91. The van der Waals surface area contributed by atoms with Gasteiger partial charge in [0.05, 0.1) is 47.3 Å². The van der Waals surface area contributed by atoms with E-state index in [1.54, 1.807) is 101 Å². The molecule has 1 aromatic heterocycles. The highest BCUT2D eigenvalue weighted by atomic mass is 32.2. The first-order valence-corrected chi connectivity index (χ1v) is 42.8. The van der Waals surface area contributed by atoms with E-state index >= 15 is 0 Å². The second-order valence-corrected chi connectivity index (χ2v) is 33.6. The number of phenols is 1. The standard InChI is InChI=1S/C77H87N11O11S.C13H15NO2S/c1-7-83(8-2)58-31-35-64-69(45-58)99-70-46-59(84(9-3)10-4)32-36-65(70)74(64)62-23-17-18-24-63(62)77(96)86-41-39-85(40-42-86)73(93)38-37-71(91)78-48-72(92)80-66(43-53-25-29-56(30-26-53)75(94)55-19-13-11-14-20-55)76(95)79-47-57-50-88(82-81-57)67(44-54-27-33-60(89)34-28-54)68(90)51-87(49-52(5)6)100(97,98)61-21-15-12-16-22-61;1-14(2)12-8-4-7-11-10(12)6-5-9-13(11)17(3,15)16/h11-36,45-46,50,52,66-68,90H,7-10,37-44,47-49,51H2,1-6H3,(H3-,78,79,80,89,91,92,95);4-9H,1-3H3/p+1/t66-,67-,68?;/m0./s1. The molecule has 5 N–H and O–H groups in total. The van der Waals surface area contributed by atoms with Crippen LogP contribution in [-0.4, -0.2) is 196 Å². The van der Waals surface area contributed by atoms with Gasteiger partial charge in [-0.05, 0) is 117 Å². The fraction of sp³-hybridized carbons (Fsp3) is 0.322. The van der Waals surface area contributed by atoms with Crippen LogP contribution in [0.3, 0.4) is 0 Å². The molecule has 3 aliphatic rings. The topological polar surface area (TPSA) is 310 Å². The fourth-order valence-electron chi connectivity index (χ4n) is 14.7. The predicted molar refractivity (Wildman–Crippen MR) is 455 cm³/mol. The number of hydrogen-bond acceptors (Lipinski definition) is 17. The van der Waals surface area contributed by atoms with Crippen LogP contribution in [0.2, 0.25) is 0 Å². The lowest BCUT2D eigenvalue weighted by molar-refractivity contribution is -0.135. The molecular formula is C90H103N12O13S2+. The van der Waals surface area contributed by atoms with Gasteiger partial charge in [-0.3, -0.25) is 28.8 Å². The summed E-state index contributed by atoms with van der Waals surface area (Å²) >= 11 is 0.